The Morgan fingerprint density at radius 2 is 2.20 bits per heavy atom. The van der Waals surface area contributed by atoms with Gasteiger partial charge in [-0.1, -0.05) is 0 Å². The van der Waals surface area contributed by atoms with E-state index < -0.39 is 11.7 Å². The van der Waals surface area contributed by atoms with Gasteiger partial charge in [0, 0.05) is 24.8 Å². The summed E-state index contributed by atoms with van der Waals surface area (Å²) in [6.07, 6.45) is 1.83. The Morgan fingerprint density at radius 3 is 2.80 bits per heavy atom. The Balaban J connectivity index is 2.40. The molecule has 0 fully saturated rings. The monoisotopic (exact) mass is 281 g/mol. The normalized spacial score (nSPS) is 12.7. The lowest BCUT2D eigenvalue weighted by Crippen LogP contribution is -2.41. The summed E-state index contributed by atoms with van der Waals surface area (Å²) in [6, 6.07) is 3.50. The van der Waals surface area contributed by atoms with Gasteiger partial charge in [-0.3, -0.25) is 0 Å². The van der Waals surface area contributed by atoms with Gasteiger partial charge in [-0.2, -0.15) is 0 Å². The molecular formula is C14H23N3O3. The van der Waals surface area contributed by atoms with E-state index in [0.29, 0.717) is 18.8 Å². The number of pyridine rings is 1. The second kappa shape index (κ2) is 7.09. The molecule has 6 nitrogen and oxygen atoms in total. The van der Waals surface area contributed by atoms with Crippen LogP contribution in [0.4, 0.5) is 4.79 Å². The van der Waals surface area contributed by atoms with Crippen LogP contribution in [-0.2, 0) is 11.2 Å². The predicted octanol–water partition coefficient (Wildman–Crippen LogP) is 1.48. The van der Waals surface area contributed by atoms with Gasteiger partial charge in [0.05, 0.1) is 7.11 Å². The third-order valence-electron chi connectivity index (χ3n) is 2.41. The van der Waals surface area contributed by atoms with Gasteiger partial charge in [0.2, 0.25) is 5.88 Å². The molecule has 0 saturated carbocycles. The molecule has 0 spiro atoms. The maximum absolute atomic E-state index is 11.5. The number of nitrogens with one attached hydrogen (secondary N) is 1. The SMILES string of the molecule is COc1cc(CC(N)CNC(=O)OC(C)(C)C)ccn1. The van der Waals surface area contributed by atoms with E-state index in [2.05, 4.69) is 10.3 Å². The molecule has 0 aliphatic rings. The lowest BCUT2D eigenvalue weighted by molar-refractivity contribution is 0.0524. The van der Waals surface area contributed by atoms with E-state index in [9.17, 15) is 4.79 Å². The first-order valence-electron chi connectivity index (χ1n) is 6.51. The van der Waals surface area contributed by atoms with Gasteiger partial charge in [0.15, 0.2) is 0 Å². The maximum Gasteiger partial charge on any atom is 0.407 e. The van der Waals surface area contributed by atoms with Crippen molar-refractivity contribution in [1.29, 1.82) is 0 Å². The number of carbonyl (C=O) groups excluding carboxylic acids is 1. The van der Waals surface area contributed by atoms with E-state index in [0.717, 1.165) is 5.56 Å². The summed E-state index contributed by atoms with van der Waals surface area (Å²) in [7, 11) is 1.57. The van der Waals surface area contributed by atoms with Gasteiger partial charge in [0.25, 0.3) is 0 Å². The van der Waals surface area contributed by atoms with Crippen molar-refractivity contribution in [1.82, 2.24) is 10.3 Å². The summed E-state index contributed by atoms with van der Waals surface area (Å²) in [6.45, 7) is 5.79. The van der Waals surface area contributed by atoms with Crippen molar-refractivity contribution in [2.75, 3.05) is 13.7 Å². The summed E-state index contributed by atoms with van der Waals surface area (Å²) in [5, 5.41) is 2.65. The third kappa shape index (κ3) is 6.38. The van der Waals surface area contributed by atoms with Gasteiger partial charge in [-0.05, 0) is 38.8 Å². The van der Waals surface area contributed by atoms with Crippen molar-refractivity contribution in [3.8, 4) is 5.88 Å². The van der Waals surface area contributed by atoms with Crippen molar-refractivity contribution in [3.63, 3.8) is 0 Å². The first kappa shape index (κ1) is 16.2. The summed E-state index contributed by atoms with van der Waals surface area (Å²) in [5.41, 5.74) is 6.48. The van der Waals surface area contributed by atoms with Crippen LogP contribution >= 0.6 is 0 Å². The summed E-state index contributed by atoms with van der Waals surface area (Å²) < 4.78 is 10.2. The zero-order chi connectivity index (χ0) is 15.2. The highest BCUT2D eigenvalue weighted by Gasteiger charge is 2.16. The molecule has 1 unspecified atom stereocenters. The number of carbonyl (C=O) groups is 1. The molecule has 0 aromatic carbocycles. The van der Waals surface area contributed by atoms with Crippen molar-refractivity contribution in [2.45, 2.75) is 38.8 Å². The Kier molecular flexibility index (Phi) is 5.76. The molecule has 20 heavy (non-hydrogen) atoms. The van der Waals surface area contributed by atoms with Gasteiger partial charge >= 0.3 is 6.09 Å². The van der Waals surface area contributed by atoms with Crippen LogP contribution in [0.5, 0.6) is 5.88 Å². The van der Waals surface area contributed by atoms with E-state index in [4.69, 9.17) is 15.2 Å². The van der Waals surface area contributed by atoms with Crippen LogP contribution in [0, 0.1) is 0 Å². The van der Waals surface area contributed by atoms with E-state index in [1.54, 1.807) is 13.3 Å². The second-order valence-electron chi connectivity index (χ2n) is 5.55. The maximum atomic E-state index is 11.5. The van der Waals surface area contributed by atoms with E-state index in [-0.39, 0.29) is 6.04 Å². The molecule has 3 N–H and O–H groups in total. The molecule has 6 heteroatoms. The van der Waals surface area contributed by atoms with Gasteiger partial charge in [-0.15, -0.1) is 0 Å². The standard InChI is InChI=1S/C14H23N3O3/c1-14(2,3)20-13(18)17-9-11(15)7-10-5-6-16-12(8-10)19-4/h5-6,8,11H,7,9,15H2,1-4H3,(H,17,18). The predicted molar refractivity (Wildman–Crippen MR) is 76.7 cm³/mol. The molecule has 0 radical (unpaired) electrons. The van der Waals surface area contributed by atoms with E-state index in [1.807, 2.05) is 32.9 Å². The minimum absolute atomic E-state index is 0.199. The van der Waals surface area contributed by atoms with Gasteiger partial charge < -0.3 is 20.5 Å². The molecule has 0 aliphatic heterocycles. The Labute approximate surface area is 119 Å². The highest BCUT2D eigenvalue weighted by molar-refractivity contribution is 5.67. The Hall–Kier alpha value is -1.82. The molecule has 1 heterocycles. The molecule has 0 aliphatic carbocycles. The van der Waals surface area contributed by atoms with Crippen molar-refractivity contribution < 1.29 is 14.3 Å². The zero-order valence-corrected chi connectivity index (χ0v) is 12.5. The Bertz CT molecular complexity index is 444. The molecule has 0 saturated heterocycles. The fraction of sp³-hybridized carbons (Fsp3) is 0.571. The smallest absolute Gasteiger partial charge is 0.407 e. The highest BCUT2D eigenvalue weighted by Crippen LogP contribution is 2.10. The minimum Gasteiger partial charge on any atom is -0.481 e. The number of ether oxygens (including phenoxy) is 2. The number of nitrogens with two attached hydrogens (primary N) is 1. The van der Waals surface area contributed by atoms with Gasteiger partial charge in [0.1, 0.15) is 5.60 Å². The second-order valence-corrected chi connectivity index (χ2v) is 5.55. The summed E-state index contributed by atoms with van der Waals surface area (Å²) in [5.74, 6) is 0.551. The number of amides is 1. The fourth-order valence-corrected chi connectivity index (χ4v) is 1.59. The molecular weight excluding hydrogens is 258 g/mol. The van der Waals surface area contributed by atoms with Crippen molar-refractivity contribution >= 4 is 6.09 Å². The van der Waals surface area contributed by atoms with Crippen molar-refractivity contribution in [3.05, 3.63) is 23.9 Å². The Morgan fingerprint density at radius 1 is 1.50 bits per heavy atom. The number of methoxy groups -OCH3 is 1. The number of aromatic nitrogens is 1. The molecule has 0 bridgehead atoms. The first-order chi connectivity index (χ1) is 9.30. The topological polar surface area (TPSA) is 86.5 Å². The van der Waals surface area contributed by atoms with Crippen LogP contribution in [-0.4, -0.2) is 36.4 Å². The molecule has 1 aromatic rings. The van der Waals surface area contributed by atoms with Crippen LogP contribution < -0.4 is 15.8 Å². The minimum atomic E-state index is -0.507. The molecule has 1 amide bonds. The first-order valence-corrected chi connectivity index (χ1v) is 6.51. The zero-order valence-electron chi connectivity index (χ0n) is 12.5. The van der Waals surface area contributed by atoms with Crippen LogP contribution in [0.25, 0.3) is 0 Å². The highest BCUT2D eigenvalue weighted by atomic mass is 16.6. The summed E-state index contributed by atoms with van der Waals surface area (Å²) >= 11 is 0. The fourth-order valence-electron chi connectivity index (χ4n) is 1.59. The molecule has 1 rings (SSSR count). The summed E-state index contributed by atoms with van der Waals surface area (Å²) in [4.78, 5) is 15.5. The largest absolute Gasteiger partial charge is 0.481 e. The number of hydrogen-bond acceptors (Lipinski definition) is 5. The number of alkyl carbamates (subject to hydrolysis) is 1. The number of rotatable bonds is 5. The van der Waals surface area contributed by atoms with Crippen LogP contribution in [0.3, 0.4) is 0 Å². The van der Waals surface area contributed by atoms with Crippen LogP contribution in [0.1, 0.15) is 26.3 Å². The van der Waals surface area contributed by atoms with Crippen LogP contribution in [0.2, 0.25) is 0 Å². The molecule has 112 valence electrons. The molecule has 1 atom stereocenters. The quantitative estimate of drug-likeness (QED) is 0.853. The van der Waals surface area contributed by atoms with Crippen LogP contribution in [0.15, 0.2) is 18.3 Å². The average molecular weight is 281 g/mol. The lowest BCUT2D eigenvalue weighted by atomic mass is 10.1. The lowest BCUT2D eigenvalue weighted by Gasteiger charge is -2.20. The van der Waals surface area contributed by atoms with E-state index >= 15 is 0 Å². The van der Waals surface area contributed by atoms with E-state index in [1.165, 1.54) is 0 Å². The molecule has 1 aromatic heterocycles. The number of nitrogens with zero attached hydrogens (tertiary/aromatic N) is 1. The van der Waals surface area contributed by atoms with Gasteiger partial charge in [-0.25, -0.2) is 9.78 Å². The third-order valence-corrected chi connectivity index (χ3v) is 2.41. The van der Waals surface area contributed by atoms with Crippen molar-refractivity contribution in [2.24, 2.45) is 5.73 Å². The average Bonchev–Trinajstić information content (AvgIpc) is 2.34. The number of hydrogen-bond donors (Lipinski definition) is 2.